The molecule has 0 amide bonds. The maximum atomic E-state index is 10.4. The molecule has 1 heterocycles. The van der Waals surface area contributed by atoms with Gasteiger partial charge in [0.25, 0.3) is 0 Å². The smallest absolute Gasteiger partial charge is 0.303 e. The van der Waals surface area contributed by atoms with Crippen LogP contribution in [0, 0.1) is 6.92 Å². The fourth-order valence-electron chi connectivity index (χ4n) is 1.91. The number of benzene rings is 1. The number of hydrogen-bond donors (Lipinski definition) is 2. The topological polar surface area (TPSA) is 53.1 Å². The van der Waals surface area contributed by atoms with E-state index in [4.69, 9.17) is 5.11 Å². The molecule has 0 saturated heterocycles. The van der Waals surface area contributed by atoms with Crippen LogP contribution in [-0.4, -0.2) is 16.1 Å². The van der Waals surface area contributed by atoms with E-state index < -0.39 is 5.97 Å². The molecule has 2 rings (SSSR count). The van der Waals surface area contributed by atoms with Crippen molar-refractivity contribution < 1.29 is 9.90 Å². The van der Waals surface area contributed by atoms with E-state index in [1.807, 2.05) is 6.20 Å². The first-order chi connectivity index (χ1) is 7.66. The van der Waals surface area contributed by atoms with E-state index >= 15 is 0 Å². The molecule has 0 aliphatic rings. The highest BCUT2D eigenvalue weighted by molar-refractivity contribution is 5.83. The molecule has 1 aromatic carbocycles. The van der Waals surface area contributed by atoms with Crippen molar-refractivity contribution in [1.82, 2.24) is 4.98 Å². The van der Waals surface area contributed by atoms with Crippen molar-refractivity contribution in [1.29, 1.82) is 0 Å². The number of aromatic amines is 1. The lowest BCUT2D eigenvalue weighted by atomic mass is 10.0. The Kier molecular flexibility index (Phi) is 2.95. The summed E-state index contributed by atoms with van der Waals surface area (Å²) in [7, 11) is 0. The normalized spacial score (nSPS) is 10.8. The number of fused-ring (bicyclic) bond motifs is 1. The average molecular weight is 217 g/mol. The molecule has 1 aromatic heterocycles. The lowest BCUT2D eigenvalue weighted by Crippen LogP contribution is -1.95. The highest BCUT2D eigenvalue weighted by atomic mass is 16.4. The molecule has 0 bridgehead atoms. The van der Waals surface area contributed by atoms with Gasteiger partial charge in [-0.1, -0.05) is 6.07 Å². The lowest BCUT2D eigenvalue weighted by molar-refractivity contribution is -0.137. The van der Waals surface area contributed by atoms with Gasteiger partial charge in [0, 0.05) is 23.5 Å². The molecule has 0 fully saturated rings. The summed E-state index contributed by atoms with van der Waals surface area (Å²) in [5.74, 6) is -0.723. The van der Waals surface area contributed by atoms with Crippen molar-refractivity contribution in [2.75, 3.05) is 0 Å². The van der Waals surface area contributed by atoms with Gasteiger partial charge in [0.1, 0.15) is 0 Å². The monoisotopic (exact) mass is 217 g/mol. The molecule has 2 N–H and O–H groups in total. The largest absolute Gasteiger partial charge is 0.481 e. The van der Waals surface area contributed by atoms with E-state index in [1.54, 1.807) is 0 Å². The third kappa shape index (κ3) is 2.24. The number of aryl methyl sites for hydroxylation is 2. The van der Waals surface area contributed by atoms with E-state index in [0.29, 0.717) is 6.42 Å². The van der Waals surface area contributed by atoms with E-state index in [2.05, 4.69) is 30.1 Å². The zero-order valence-electron chi connectivity index (χ0n) is 9.29. The molecule has 16 heavy (non-hydrogen) atoms. The number of hydrogen-bond acceptors (Lipinski definition) is 1. The zero-order valence-corrected chi connectivity index (χ0v) is 9.29. The summed E-state index contributed by atoms with van der Waals surface area (Å²) < 4.78 is 0. The van der Waals surface area contributed by atoms with E-state index in [9.17, 15) is 4.79 Å². The summed E-state index contributed by atoms with van der Waals surface area (Å²) in [5.41, 5.74) is 3.58. The average Bonchev–Trinajstić information content (AvgIpc) is 2.60. The molecular weight excluding hydrogens is 202 g/mol. The van der Waals surface area contributed by atoms with Crippen molar-refractivity contribution in [2.45, 2.75) is 26.2 Å². The quantitative estimate of drug-likeness (QED) is 0.827. The lowest BCUT2D eigenvalue weighted by Gasteiger charge is -2.00. The van der Waals surface area contributed by atoms with Crippen LogP contribution in [0.2, 0.25) is 0 Å². The van der Waals surface area contributed by atoms with Crippen LogP contribution in [0.1, 0.15) is 24.0 Å². The van der Waals surface area contributed by atoms with Gasteiger partial charge in [-0.2, -0.15) is 0 Å². The van der Waals surface area contributed by atoms with Crippen molar-refractivity contribution >= 4 is 16.9 Å². The highest BCUT2D eigenvalue weighted by Crippen LogP contribution is 2.19. The van der Waals surface area contributed by atoms with Crippen molar-refractivity contribution in [3.05, 3.63) is 35.5 Å². The van der Waals surface area contributed by atoms with Crippen LogP contribution in [0.25, 0.3) is 10.9 Å². The van der Waals surface area contributed by atoms with Gasteiger partial charge in [-0.05, 0) is 43.0 Å². The summed E-state index contributed by atoms with van der Waals surface area (Å²) >= 11 is 0. The molecule has 0 spiro atoms. The third-order valence-electron chi connectivity index (χ3n) is 2.81. The van der Waals surface area contributed by atoms with Gasteiger partial charge in [0.15, 0.2) is 0 Å². The molecule has 3 heteroatoms. The molecule has 0 aliphatic heterocycles. The van der Waals surface area contributed by atoms with E-state index in [0.717, 1.165) is 11.9 Å². The first kappa shape index (κ1) is 10.7. The van der Waals surface area contributed by atoms with Crippen LogP contribution >= 0.6 is 0 Å². The summed E-state index contributed by atoms with van der Waals surface area (Å²) in [6.45, 7) is 2.07. The predicted molar refractivity (Wildman–Crippen MR) is 63.6 cm³/mol. The van der Waals surface area contributed by atoms with Gasteiger partial charge in [0.2, 0.25) is 0 Å². The number of carbonyl (C=O) groups is 1. The summed E-state index contributed by atoms with van der Waals surface area (Å²) in [5, 5.41) is 9.80. The molecule has 0 saturated carbocycles. The number of aliphatic carboxylic acids is 1. The van der Waals surface area contributed by atoms with Gasteiger partial charge in [0.05, 0.1) is 0 Å². The van der Waals surface area contributed by atoms with E-state index in [-0.39, 0.29) is 6.42 Å². The Balaban J connectivity index is 2.12. The molecular formula is C13H15NO2. The van der Waals surface area contributed by atoms with Crippen LogP contribution in [-0.2, 0) is 11.2 Å². The highest BCUT2D eigenvalue weighted by Gasteiger charge is 2.02. The number of aromatic nitrogens is 1. The van der Waals surface area contributed by atoms with Crippen LogP contribution in [0.15, 0.2) is 24.4 Å². The maximum absolute atomic E-state index is 10.4. The van der Waals surface area contributed by atoms with E-state index in [1.165, 1.54) is 16.5 Å². The van der Waals surface area contributed by atoms with Gasteiger partial charge >= 0.3 is 5.97 Å². The van der Waals surface area contributed by atoms with Crippen molar-refractivity contribution in [3.8, 4) is 0 Å². The SMILES string of the molecule is Cc1c[nH]c2ccc(CCCC(=O)O)cc12. The minimum absolute atomic E-state index is 0.240. The number of carboxylic acid groups (broad SMARTS) is 1. The van der Waals surface area contributed by atoms with Crippen LogP contribution in [0.4, 0.5) is 0 Å². The van der Waals surface area contributed by atoms with Gasteiger partial charge in [-0.15, -0.1) is 0 Å². The second kappa shape index (κ2) is 4.39. The Morgan fingerprint density at radius 1 is 1.44 bits per heavy atom. The first-order valence-corrected chi connectivity index (χ1v) is 5.45. The molecule has 2 aromatic rings. The third-order valence-corrected chi connectivity index (χ3v) is 2.81. The molecule has 84 valence electrons. The van der Waals surface area contributed by atoms with Crippen LogP contribution < -0.4 is 0 Å². The number of nitrogens with one attached hydrogen (secondary N) is 1. The van der Waals surface area contributed by atoms with Crippen molar-refractivity contribution in [2.24, 2.45) is 0 Å². The number of H-pyrrole nitrogens is 1. The second-order valence-electron chi connectivity index (χ2n) is 4.10. The Morgan fingerprint density at radius 3 is 3.00 bits per heavy atom. The van der Waals surface area contributed by atoms with Crippen LogP contribution in [0.5, 0.6) is 0 Å². The number of rotatable bonds is 4. The second-order valence-corrected chi connectivity index (χ2v) is 4.10. The Hall–Kier alpha value is -1.77. The summed E-state index contributed by atoms with van der Waals surface area (Å²) in [4.78, 5) is 13.6. The summed E-state index contributed by atoms with van der Waals surface area (Å²) in [6, 6.07) is 6.25. The maximum Gasteiger partial charge on any atom is 0.303 e. The van der Waals surface area contributed by atoms with Gasteiger partial charge in [-0.25, -0.2) is 0 Å². The first-order valence-electron chi connectivity index (χ1n) is 5.45. The fourth-order valence-corrected chi connectivity index (χ4v) is 1.91. The number of carboxylic acids is 1. The predicted octanol–water partition coefficient (Wildman–Crippen LogP) is 2.88. The Bertz CT molecular complexity index is 514. The van der Waals surface area contributed by atoms with Gasteiger partial charge in [-0.3, -0.25) is 4.79 Å². The minimum Gasteiger partial charge on any atom is -0.481 e. The molecule has 0 unspecified atom stereocenters. The molecule has 0 aliphatic carbocycles. The zero-order chi connectivity index (χ0) is 11.5. The molecule has 0 radical (unpaired) electrons. The standard InChI is InChI=1S/C13H15NO2/c1-9-8-14-12-6-5-10(7-11(9)12)3-2-4-13(15)16/h5-8,14H,2-4H2,1H3,(H,15,16). The molecule has 0 atom stereocenters. The Morgan fingerprint density at radius 2 is 2.25 bits per heavy atom. The Labute approximate surface area is 94.1 Å². The van der Waals surface area contributed by atoms with Crippen LogP contribution in [0.3, 0.4) is 0 Å². The van der Waals surface area contributed by atoms with Gasteiger partial charge < -0.3 is 10.1 Å². The molecule has 3 nitrogen and oxygen atoms in total. The minimum atomic E-state index is -0.723. The fraction of sp³-hybridized carbons (Fsp3) is 0.308. The van der Waals surface area contributed by atoms with Crippen molar-refractivity contribution in [3.63, 3.8) is 0 Å². The summed E-state index contributed by atoms with van der Waals surface area (Å²) in [6.07, 6.45) is 3.76.